The highest BCUT2D eigenvalue weighted by molar-refractivity contribution is 5.94. The number of nitrogens with zero attached hydrogens (tertiary/aromatic N) is 2. The standard InChI is InChI=1S/C31H40N2O7/c1-30(2,3)39-28(35)33-24-15-10-9-14-22(24)23-18-20-32(25(27(23)33)16-13-17-26(34)37-7)19-11-8-12-21-38-29(36)40-31(4,5)6/h8-15,17,21,25H,16,18-20H2,1-7H3/b11-8+,17-13+,21-12+/t25-/m0/s1. The summed E-state index contributed by atoms with van der Waals surface area (Å²) >= 11 is 0. The van der Waals surface area contributed by atoms with Crippen LogP contribution in [0.2, 0.25) is 0 Å². The third-order valence-electron chi connectivity index (χ3n) is 6.04. The fourth-order valence-electron chi connectivity index (χ4n) is 4.56. The van der Waals surface area contributed by atoms with E-state index in [2.05, 4.69) is 4.90 Å². The maximum Gasteiger partial charge on any atom is 0.513 e. The zero-order valence-corrected chi connectivity index (χ0v) is 24.4. The van der Waals surface area contributed by atoms with Crippen molar-refractivity contribution in [1.82, 2.24) is 9.47 Å². The number of ether oxygens (including phenoxy) is 4. The van der Waals surface area contributed by atoms with Crippen molar-refractivity contribution in [3.8, 4) is 0 Å². The van der Waals surface area contributed by atoms with E-state index in [4.69, 9.17) is 18.9 Å². The second kappa shape index (κ2) is 13.0. The molecule has 1 atom stereocenters. The number of rotatable bonds is 7. The van der Waals surface area contributed by atoms with E-state index in [0.29, 0.717) is 13.0 Å². The van der Waals surface area contributed by atoms with Gasteiger partial charge in [0.05, 0.1) is 30.6 Å². The number of carbonyl (C=O) groups is 3. The van der Waals surface area contributed by atoms with Gasteiger partial charge in [0.25, 0.3) is 0 Å². The lowest BCUT2D eigenvalue weighted by Gasteiger charge is -2.36. The molecule has 0 saturated carbocycles. The number of benzene rings is 1. The number of methoxy groups -OCH3 is 1. The van der Waals surface area contributed by atoms with Crippen molar-refractivity contribution in [2.75, 3.05) is 20.2 Å². The fraction of sp³-hybridized carbons (Fsp3) is 0.452. The smallest absolute Gasteiger partial charge is 0.466 e. The lowest BCUT2D eigenvalue weighted by Crippen LogP contribution is -2.38. The Kier molecular flexibility index (Phi) is 9.98. The van der Waals surface area contributed by atoms with E-state index in [1.165, 1.54) is 19.4 Å². The van der Waals surface area contributed by atoms with Gasteiger partial charge in [0, 0.05) is 24.6 Å². The zero-order chi connectivity index (χ0) is 29.5. The average Bonchev–Trinajstić information content (AvgIpc) is 3.19. The van der Waals surface area contributed by atoms with Gasteiger partial charge in [-0.05, 0) is 72.1 Å². The van der Waals surface area contributed by atoms with Crippen LogP contribution in [0.25, 0.3) is 10.9 Å². The third-order valence-corrected chi connectivity index (χ3v) is 6.04. The van der Waals surface area contributed by atoms with Crippen LogP contribution in [-0.4, -0.2) is 59.1 Å². The highest BCUT2D eigenvalue weighted by Crippen LogP contribution is 2.39. The van der Waals surface area contributed by atoms with Gasteiger partial charge in [0.1, 0.15) is 11.2 Å². The number of carbonyl (C=O) groups excluding carboxylic acids is 3. The molecule has 2 heterocycles. The molecule has 0 fully saturated rings. The van der Waals surface area contributed by atoms with Gasteiger partial charge in [0.15, 0.2) is 0 Å². The van der Waals surface area contributed by atoms with Crippen molar-refractivity contribution in [2.45, 2.75) is 71.6 Å². The van der Waals surface area contributed by atoms with Crippen molar-refractivity contribution >= 4 is 29.1 Å². The first kappa shape index (κ1) is 30.7. The van der Waals surface area contributed by atoms with Crippen LogP contribution in [-0.2, 0) is 30.2 Å². The van der Waals surface area contributed by atoms with E-state index in [9.17, 15) is 14.4 Å². The second-order valence-corrected chi connectivity index (χ2v) is 11.5. The summed E-state index contributed by atoms with van der Waals surface area (Å²) in [6.07, 6.45) is 9.80. The molecule has 9 nitrogen and oxygen atoms in total. The van der Waals surface area contributed by atoms with Gasteiger partial charge < -0.3 is 18.9 Å². The summed E-state index contributed by atoms with van der Waals surface area (Å²) in [7, 11) is 1.34. The van der Waals surface area contributed by atoms with Crippen molar-refractivity contribution in [3.05, 3.63) is 72.2 Å². The lowest BCUT2D eigenvalue weighted by atomic mass is 9.95. The molecule has 0 spiro atoms. The Balaban J connectivity index is 1.91. The number of hydrogen-bond donors (Lipinski definition) is 0. The number of allylic oxidation sites excluding steroid dienone is 2. The summed E-state index contributed by atoms with van der Waals surface area (Å²) in [5, 5.41) is 1.02. The number of aromatic nitrogens is 1. The molecular formula is C31H40N2O7. The largest absolute Gasteiger partial charge is 0.513 e. The Hall–Kier alpha value is -3.85. The molecule has 1 aliphatic heterocycles. The first-order valence-corrected chi connectivity index (χ1v) is 13.4. The van der Waals surface area contributed by atoms with Gasteiger partial charge in [-0.25, -0.2) is 19.0 Å². The fourth-order valence-corrected chi connectivity index (χ4v) is 4.56. The van der Waals surface area contributed by atoms with Gasteiger partial charge in [-0.1, -0.05) is 36.4 Å². The van der Waals surface area contributed by atoms with E-state index < -0.39 is 29.4 Å². The Bertz CT molecular complexity index is 1310. The topological polar surface area (TPSA) is 96.3 Å². The number of fused-ring (bicyclic) bond motifs is 3. The molecule has 1 aromatic heterocycles. The first-order valence-electron chi connectivity index (χ1n) is 13.4. The molecule has 0 radical (unpaired) electrons. The molecule has 40 heavy (non-hydrogen) atoms. The summed E-state index contributed by atoms with van der Waals surface area (Å²) < 4.78 is 22.3. The normalized spacial score (nSPS) is 16.5. The van der Waals surface area contributed by atoms with Crippen LogP contribution in [0.4, 0.5) is 9.59 Å². The molecule has 0 amide bonds. The van der Waals surface area contributed by atoms with Gasteiger partial charge >= 0.3 is 18.2 Å². The molecule has 216 valence electrons. The molecule has 1 aliphatic rings. The second-order valence-electron chi connectivity index (χ2n) is 11.5. The Morgan fingerprint density at radius 2 is 1.68 bits per heavy atom. The molecule has 0 bridgehead atoms. The predicted octanol–water partition coefficient (Wildman–Crippen LogP) is 6.46. The molecule has 0 unspecified atom stereocenters. The highest BCUT2D eigenvalue weighted by Gasteiger charge is 2.35. The molecule has 0 aliphatic carbocycles. The molecule has 9 heteroatoms. The Morgan fingerprint density at radius 1 is 0.975 bits per heavy atom. The molecule has 0 saturated heterocycles. The van der Waals surface area contributed by atoms with E-state index in [1.807, 2.05) is 51.1 Å². The van der Waals surface area contributed by atoms with Crippen LogP contribution >= 0.6 is 0 Å². The van der Waals surface area contributed by atoms with E-state index in [1.54, 1.807) is 43.6 Å². The van der Waals surface area contributed by atoms with Crippen LogP contribution < -0.4 is 0 Å². The van der Waals surface area contributed by atoms with E-state index in [0.717, 1.165) is 35.1 Å². The van der Waals surface area contributed by atoms with Crippen LogP contribution in [0.15, 0.2) is 60.9 Å². The molecule has 1 aromatic carbocycles. The van der Waals surface area contributed by atoms with Gasteiger partial charge in [0.2, 0.25) is 0 Å². The molecular weight excluding hydrogens is 512 g/mol. The number of esters is 1. The highest BCUT2D eigenvalue weighted by atomic mass is 16.7. The SMILES string of the molecule is COC(=O)/C=C/C[C@H]1c2c(c3ccccc3n2C(=O)OC(C)(C)C)CCN1C/C=C/C=C/OC(=O)OC(C)(C)C. The van der Waals surface area contributed by atoms with Crippen LogP contribution in [0, 0.1) is 0 Å². The van der Waals surface area contributed by atoms with Crippen LogP contribution in [0.5, 0.6) is 0 Å². The summed E-state index contributed by atoms with van der Waals surface area (Å²) in [5.74, 6) is -0.440. The minimum atomic E-state index is -0.770. The minimum Gasteiger partial charge on any atom is -0.466 e. The van der Waals surface area contributed by atoms with Crippen LogP contribution in [0.1, 0.15) is 65.3 Å². The van der Waals surface area contributed by atoms with Gasteiger partial charge in [-0.15, -0.1) is 0 Å². The van der Waals surface area contributed by atoms with Crippen molar-refractivity contribution < 1.29 is 33.3 Å². The van der Waals surface area contributed by atoms with E-state index >= 15 is 0 Å². The maximum atomic E-state index is 13.5. The van der Waals surface area contributed by atoms with Crippen molar-refractivity contribution in [3.63, 3.8) is 0 Å². The number of para-hydroxylation sites is 1. The van der Waals surface area contributed by atoms with Gasteiger partial charge in [-0.3, -0.25) is 4.90 Å². The monoisotopic (exact) mass is 552 g/mol. The lowest BCUT2D eigenvalue weighted by molar-refractivity contribution is -0.134. The first-order chi connectivity index (χ1) is 18.8. The van der Waals surface area contributed by atoms with Crippen molar-refractivity contribution in [1.29, 1.82) is 0 Å². The summed E-state index contributed by atoms with van der Waals surface area (Å²) in [4.78, 5) is 39.2. The third kappa shape index (κ3) is 8.32. The number of hydrogen-bond acceptors (Lipinski definition) is 8. The van der Waals surface area contributed by atoms with Gasteiger partial charge in [-0.2, -0.15) is 0 Å². The summed E-state index contributed by atoms with van der Waals surface area (Å²) in [6.45, 7) is 12.1. The maximum absolute atomic E-state index is 13.5. The summed E-state index contributed by atoms with van der Waals surface area (Å²) in [6, 6.07) is 7.62. The predicted molar refractivity (Wildman–Crippen MR) is 153 cm³/mol. The summed E-state index contributed by atoms with van der Waals surface area (Å²) in [5.41, 5.74) is 1.45. The van der Waals surface area contributed by atoms with E-state index in [-0.39, 0.29) is 6.04 Å². The Morgan fingerprint density at radius 3 is 2.35 bits per heavy atom. The quantitative estimate of drug-likeness (QED) is 0.127. The average molecular weight is 553 g/mol. The molecule has 2 aromatic rings. The minimum absolute atomic E-state index is 0.212. The zero-order valence-electron chi connectivity index (χ0n) is 24.4. The van der Waals surface area contributed by atoms with Crippen molar-refractivity contribution in [2.24, 2.45) is 0 Å². The molecule has 3 rings (SSSR count). The Labute approximate surface area is 236 Å². The van der Waals surface area contributed by atoms with Crippen LogP contribution in [0.3, 0.4) is 0 Å². The molecule has 0 N–H and O–H groups in total.